The Labute approximate surface area is 101 Å². The van der Waals surface area contributed by atoms with E-state index >= 15 is 0 Å². The fourth-order valence-corrected chi connectivity index (χ4v) is 1.55. The Balaban J connectivity index is 0.000000181. The molecule has 1 aromatic carbocycles. The van der Waals surface area contributed by atoms with E-state index in [0.29, 0.717) is 13.0 Å². The van der Waals surface area contributed by atoms with Gasteiger partial charge in [0.25, 0.3) is 0 Å². The first-order chi connectivity index (χ1) is 8.13. The van der Waals surface area contributed by atoms with Crippen LogP contribution in [-0.4, -0.2) is 35.9 Å². The molecule has 1 fully saturated rings. The predicted octanol–water partition coefficient (Wildman–Crippen LogP) is 0.472. The largest absolute Gasteiger partial charge is 0.392 e. The minimum atomic E-state index is -0.478. The van der Waals surface area contributed by atoms with E-state index in [0.717, 1.165) is 0 Å². The second kappa shape index (κ2) is 6.93. The van der Waals surface area contributed by atoms with Crippen molar-refractivity contribution in [3.05, 3.63) is 35.9 Å². The lowest BCUT2D eigenvalue weighted by molar-refractivity contribution is -0.131. The van der Waals surface area contributed by atoms with Crippen LogP contribution in [0.3, 0.4) is 0 Å². The van der Waals surface area contributed by atoms with Gasteiger partial charge in [0.2, 0.25) is 5.78 Å². The fourth-order valence-electron chi connectivity index (χ4n) is 1.55. The molecule has 2 N–H and O–H groups in total. The number of Topliss-reactive ketones (excluding diaryl/α,β-unsaturated/α-hetero) is 1. The van der Waals surface area contributed by atoms with Gasteiger partial charge in [0.1, 0.15) is 0 Å². The van der Waals surface area contributed by atoms with Crippen molar-refractivity contribution >= 4 is 12.1 Å². The molecule has 2 atom stereocenters. The van der Waals surface area contributed by atoms with Gasteiger partial charge < -0.3 is 10.4 Å². The van der Waals surface area contributed by atoms with Crippen molar-refractivity contribution in [1.29, 1.82) is 0 Å². The molecule has 0 radical (unpaired) electrons. The Hall–Kier alpha value is -1.52. The molecule has 1 aliphatic heterocycles. The molecule has 0 saturated carbocycles. The number of hydrogen-bond donors (Lipinski definition) is 2. The average Bonchev–Trinajstić information content (AvgIpc) is 2.77. The van der Waals surface area contributed by atoms with Crippen LogP contribution in [-0.2, 0) is 9.59 Å². The van der Waals surface area contributed by atoms with Crippen LogP contribution in [0.5, 0.6) is 0 Å². The summed E-state index contributed by atoms with van der Waals surface area (Å²) in [6.07, 6.45) is 0.168. The van der Waals surface area contributed by atoms with Crippen LogP contribution in [0.2, 0.25) is 0 Å². The van der Waals surface area contributed by atoms with Crippen molar-refractivity contribution in [2.24, 2.45) is 0 Å². The zero-order valence-electron chi connectivity index (χ0n) is 9.80. The molecule has 1 aliphatic rings. The van der Waals surface area contributed by atoms with E-state index in [-0.39, 0.29) is 6.29 Å². The maximum Gasteiger partial charge on any atom is 0.212 e. The van der Waals surface area contributed by atoms with E-state index in [1.165, 1.54) is 5.56 Å². The quantitative estimate of drug-likeness (QED) is 0.578. The van der Waals surface area contributed by atoms with Crippen LogP contribution in [0, 0.1) is 6.92 Å². The minimum Gasteiger partial charge on any atom is -0.392 e. The van der Waals surface area contributed by atoms with Gasteiger partial charge >= 0.3 is 0 Å². The summed E-state index contributed by atoms with van der Waals surface area (Å²) in [6, 6.07) is 9.81. The summed E-state index contributed by atoms with van der Waals surface area (Å²) in [4.78, 5) is 20.5. The van der Waals surface area contributed by atoms with Crippen molar-refractivity contribution in [3.8, 4) is 0 Å². The van der Waals surface area contributed by atoms with Crippen LogP contribution >= 0.6 is 0 Å². The van der Waals surface area contributed by atoms with Crippen LogP contribution in [0.1, 0.15) is 12.0 Å². The van der Waals surface area contributed by atoms with Crippen LogP contribution in [0.25, 0.3) is 0 Å². The highest BCUT2D eigenvalue weighted by Gasteiger charge is 2.27. The van der Waals surface area contributed by atoms with E-state index in [4.69, 9.17) is 5.11 Å². The molecule has 1 unspecified atom stereocenters. The molecule has 1 aromatic rings. The second-order valence-corrected chi connectivity index (χ2v) is 4.03. The van der Waals surface area contributed by atoms with Crippen LogP contribution in [0.4, 0.5) is 0 Å². The van der Waals surface area contributed by atoms with Gasteiger partial charge in [0.15, 0.2) is 6.29 Å². The third-order valence-electron chi connectivity index (χ3n) is 2.51. The van der Waals surface area contributed by atoms with E-state index in [1.54, 1.807) is 0 Å². The van der Waals surface area contributed by atoms with Gasteiger partial charge in [0, 0.05) is 6.54 Å². The number of aliphatic hydroxyl groups excluding tert-OH is 1. The number of aldehydes is 1. The SMILES string of the molecule is Cc1ccccc1.O=CC(=O)C1C[C@@H](O)CN1. The monoisotopic (exact) mass is 235 g/mol. The van der Waals surface area contributed by atoms with Crippen molar-refractivity contribution in [1.82, 2.24) is 5.32 Å². The highest BCUT2D eigenvalue weighted by molar-refractivity contribution is 6.27. The van der Waals surface area contributed by atoms with Crippen LogP contribution in [0.15, 0.2) is 30.3 Å². The smallest absolute Gasteiger partial charge is 0.212 e. The molecule has 0 amide bonds. The van der Waals surface area contributed by atoms with E-state index in [9.17, 15) is 9.59 Å². The number of carbonyl (C=O) groups is 2. The van der Waals surface area contributed by atoms with Gasteiger partial charge in [-0.1, -0.05) is 35.9 Å². The standard InChI is InChI=1S/C7H8.C6H9NO3/c1-7-5-3-2-4-6-7;8-3-6(10)5-1-4(9)2-7-5/h2-6H,1H3;3-5,7,9H,1-2H2/t;4-,5?/m.1/s1. The zero-order chi connectivity index (χ0) is 12.7. The second-order valence-electron chi connectivity index (χ2n) is 4.03. The van der Waals surface area contributed by atoms with Gasteiger partial charge in [-0.05, 0) is 13.3 Å². The molecular formula is C13H17NO3. The van der Waals surface area contributed by atoms with Crippen molar-refractivity contribution in [3.63, 3.8) is 0 Å². The summed E-state index contributed by atoms with van der Waals surface area (Å²) >= 11 is 0. The minimum absolute atomic E-state index is 0.287. The summed E-state index contributed by atoms with van der Waals surface area (Å²) in [6.45, 7) is 2.49. The third kappa shape index (κ3) is 4.89. The molecule has 4 heteroatoms. The van der Waals surface area contributed by atoms with Gasteiger partial charge in [-0.25, -0.2) is 0 Å². The number of rotatable bonds is 2. The molecule has 0 spiro atoms. The topological polar surface area (TPSA) is 66.4 Å². The highest BCUT2D eigenvalue weighted by atomic mass is 16.3. The normalized spacial score (nSPS) is 22.5. The first kappa shape index (κ1) is 13.5. The number of aliphatic hydroxyl groups is 1. The summed E-state index contributed by atoms with van der Waals surface area (Å²) in [5.74, 6) is -0.475. The van der Waals surface area contributed by atoms with E-state index in [1.807, 2.05) is 18.2 Å². The summed E-state index contributed by atoms with van der Waals surface area (Å²) in [7, 11) is 0. The Morgan fingerprint density at radius 3 is 2.41 bits per heavy atom. The lowest BCUT2D eigenvalue weighted by Gasteiger charge is -2.00. The number of benzene rings is 1. The number of β-amino-alcohol motifs (C(OH)–C–C–N with tert-alkyl or cyclic N) is 1. The maximum atomic E-state index is 10.6. The van der Waals surface area contributed by atoms with Crippen LogP contribution < -0.4 is 5.32 Å². The fraction of sp³-hybridized carbons (Fsp3) is 0.385. The first-order valence-corrected chi connectivity index (χ1v) is 5.55. The number of carbonyl (C=O) groups excluding carboxylic acids is 2. The summed E-state index contributed by atoms with van der Waals surface area (Å²) < 4.78 is 0. The molecular weight excluding hydrogens is 218 g/mol. The zero-order valence-corrected chi connectivity index (χ0v) is 9.80. The lowest BCUT2D eigenvalue weighted by Crippen LogP contribution is -2.31. The van der Waals surface area contributed by atoms with Gasteiger partial charge in [-0.15, -0.1) is 0 Å². The molecule has 0 aromatic heterocycles. The molecule has 2 rings (SSSR count). The lowest BCUT2D eigenvalue weighted by atomic mass is 10.1. The molecule has 0 bridgehead atoms. The van der Waals surface area contributed by atoms with Gasteiger partial charge in [-0.3, -0.25) is 9.59 Å². The number of ketones is 1. The highest BCUT2D eigenvalue weighted by Crippen LogP contribution is 2.05. The summed E-state index contributed by atoms with van der Waals surface area (Å²) in [5, 5.41) is 11.6. The van der Waals surface area contributed by atoms with Crippen molar-refractivity contribution in [2.45, 2.75) is 25.5 Å². The Kier molecular flexibility index (Phi) is 5.52. The Morgan fingerprint density at radius 1 is 1.41 bits per heavy atom. The number of aryl methyl sites for hydroxylation is 1. The molecule has 4 nitrogen and oxygen atoms in total. The maximum absolute atomic E-state index is 10.6. The molecule has 1 saturated heterocycles. The van der Waals surface area contributed by atoms with Crippen molar-refractivity contribution < 1.29 is 14.7 Å². The molecule has 1 heterocycles. The number of hydrogen-bond acceptors (Lipinski definition) is 4. The van der Waals surface area contributed by atoms with E-state index in [2.05, 4.69) is 24.4 Å². The predicted molar refractivity (Wildman–Crippen MR) is 64.7 cm³/mol. The first-order valence-electron chi connectivity index (χ1n) is 5.55. The van der Waals surface area contributed by atoms with Gasteiger partial charge in [0.05, 0.1) is 12.1 Å². The Morgan fingerprint density at radius 2 is 2.06 bits per heavy atom. The summed E-state index contributed by atoms with van der Waals surface area (Å²) in [5.41, 5.74) is 1.32. The van der Waals surface area contributed by atoms with Gasteiger partial charge in [-0.2, -0.15) is 0 Å². The van der Waals surface area contributed by atoms with Crippen molar-refractivity contribution in [2.75, 3.05) is 6.54 Å². The number of nitrogens with one attached hydrogen (secondary N) is 1. The third-order valence-corrected chi connectivity index (χ3v) is 2.51. The Bertz CT molecular complexity index is 364. The molecule has 92 valence electrons. The van der Waals surface area contributed by atoms with E-state index < -0.39 is 17.9 Å². The average molecular weight is 235 g/mol. The molecule has 0 aliphatic carbocycles. The molecule has 17 heavy (non-hydrogen) atoms.